The molecule has 162 valence electrons. The predicted molar refractivity (Wildman–Crippen MR) is 110 cm³/mol. The Morgan fingerprint density at radius 2 is 1.76 bits per heavy atom. The third-order valence-electron chi connectivity index (χ3n) is 6.12. The summed E-state index contributed by atoms with van der Waals surface area (Å²) in [4.78, 5) is 17.6. The largest absolute Gasteiger partial charge is 0.458 e. The van der Waals surface area contributed by atoms with Crippen LogP contribution < -0.4 is 0 Å². The number of piperidine rings is 3. The molecule has 29 heavy (non-hydrogen) atoms. The number of benzene rings is 1. The van der Waals surface area contributed by atoms with E-state index in [4.69, 9.17) is 14.2 Å². The first-order valence-electron chi connectivity index (χ1n) is 10.5. The Morgan fingerprint density at radius 1 is 1.14 bits per heavy atom. The SMILES string of the molecule is COCCN(CCOC)CC(O)(C(=O)OC1CN2CCC1CC2)c1ccccc1. The van der Waals surface area contributed by atoms with Crippen LogP contribution in [0.1, 0.15) is 18.4 Å². The van der Waals surface area contributed by atoms with Crippen molar-refractivity contribution in [1.82, 2.24) is 9.80 Å². The van der Waals surface area contributed by atoms with Gasteiger partial charge in [0.05, 0.1) is 13.2 Å². The Bertz CT molecular complexity index is 627. The van der Waals surface area contributed by atoms with Gasteiger partial charge in [-0.1, -0.05) is 30.3 Å². The van der Waals surface area contributed by atoms with Crippen LogP contribution >= 0.6 is 0 Å². The third kappa shape index (κ3) is 5.55. The molecule has 1 N–H and O–H groups in total. The van der Waals surface area contributed by atoms with E-state index >= 15 is 0 Å². The standard InChI is InChI=1S/C22H34N2O5/c1-27-14-12-24(13-15-28-2)17-22(26,19-6-4-3-5-7-19)21(25)29-20-16-23-10-8-18(20)9-11-23/h3-7,18,20,26H,8-17H2,1-2H3. The van der Waals surface area contributed by atoms with Crippen LogP contribution in [0.2, 0.25) is 0 Å². The molecule has 3 aliphatic rings. The molecule has 7 nitrogen and oxygen atoms in total. The number of ether oxygens (including phenoxy) is 3. The zero-order valence-corrected chi connectivity index (χ0v) is 17.6. The summed E-state index contributed by atoms with van der Waals surface area (Å²) in [5.74, 6) is -0.177. The predicted octanol–water partition coefficient (Wildman–Crippen LogP) is 1.11. The summed E-state index contributed by atoms with van der Waals surface area (Å²) >= 11 is 0. The second kappa shape index (κ2) is 10.5. The second-order valence-corrected chi connectivity index (χ2v) is 8.07. The number of rotatable bonds is 11. The number of hydrogen-bond acceptors (Lipinski definition) is 7. The summed E-state index contributed by atoms with van der Waals surface area (Å²) < 4.78 is 16.3. The maximum Gasteiger partial charge on any atom is 0.344 e. The first-order chi connectivity index (χ1) is 14.1. The van der Waals surface area contributed by atoms with Crippen LogP contribution in [0.4, 0.5) is 0 Å². The van der Waals surface area contributed by atoms with Crippen molar-refractivity contribution >= 4 is 5.97 Å². The maximum absolute atomic E-state index is 13.3. The van der Waals surface area contributed by atoms with Crippen molar-refractivity contribution in [3.63, 3.8) is 0 Å². The molecular weight excluding hydrogens is 372 g/mol. The number of aliphatic hydroxyl groups is 1. The summed E-state index contributed by atoms with van der Waals surface area (Å²) in [5, 5.41) is 11.6. The van der Waals surface area contributed by atoms with E-state index in [-0.39, 0.29) is 12.6 Å². The van der Waals surface area contributed by atoms with Crippen LogP contribution in [0, 0.1) is 5.92 Å². The van der Waals surface area contributed by atoms with Crippen molar-refractivity contribution in [1.29, 1.82) is 0 Å². The Kier molecular flexibility index (Phi) is 8.03. The van der Waals surface area contributed by atoms with Gasteiger partial charge in [0.15, 0.2) is 5.60 Å². The van der Waals surface area contributed by atoms with E-state index in [1.54, 1.807) is 26.4 Å². The summed E-state index contributed by atoms with van der Waals surface area (Å²) in [6, 6.07) is 9.09. The molecule has 7 heteroatoms. The van der Waals surface area contributed by atoms with Crippen molar-refractivity contribution < 1.29 is 24.1 Å². The van der Waals surface area contributed by atoms with Gasteiger partial charge in [-0.3, -0.25) is 9.80 Å². The number of esters is 1. The monoisotopic (exact) mass is 406 g/mol. The molecule has 3 heterocycles. The van der Waals surface area contributed by atoms with Crippen LogP contribution in [0.25, 0.3) is 0 Å². The highest BCUT2D eigenvalue weighted by atomic mass is 16.6. The van der Waals surface area contributed by atoms with Gasteiger partial charge in [-0.25, -0.2) is 4.79 Å². The molecule has 0 aromatic heterocycles. The van der Waals surface area contributed by atoms with E-state index in [2.05, 4.69) is 4.90 Å². The number of fused-ring (bicyclic) bond motifs is 3. The van der Waals surface area contributed by atoms with Gasteiger partial charge in [0.2, 0.25) is 0 Å². The zero-order chi connectivity index (χ0) is 20.7. The quantitative estimate of drug-likeness (QED) is 0.552. The number of methoxy groups -OCH3 is 2. The van der Waals surface area contributed by atoms with E-state index in [1.807, 2.05) is 23.1 Å². The fourth-order valence-electron chi connectivity index (χ4n) is 4.30. The third-order valence-corrected chi connectivity index (χ3v) is 6.12. The summed E-state index contributed by atoms with van der Waals surface area (Å²) in [7, 11) is 3.28. The van der Waals surface area contributed by atoms with Crippen LogP contribution in [0.3, 0.4) is 0 Å². The highest BCUT2D eigenvalue weighted by molar-refractivity contribution is 5.81. The first kappa shape index (κ1) is 22.2. The van der Waals surface area contributed by atoms with Crippen molar-refractivity contribution in [3.8, 4) is 0 Å². The lowest BCUT2D eigenvalue weighted by Gasteiger charge is -2.45. The lowest BCUT2D eigenvalue weighted by Crippen LogP contribution is -2.55. The Labute approximate surface area is 173 Å². The fourth-order valence-corrected chi connectivity index (χ4v) is 4.30. The van der Waals surface area contributed by atoms with Crippen LogP contribution in [-0.2, 0) is 24.6 Å². The van der Waals surface area contributed by atoms with E-state index in [0.29, 0.717) is 37.8 Å². The lowest BCUT2D eigenvalue weighted by molar-refractivity contribution is -0.184. The first-order valence-corrected chi connectivity index (χ1v) is 10.5. The van der Waals surface area contributed by atoms with E-state index in [1.165, 1.54) is 0 Å². The van der Waals surface area contributed by atoms with Gasteiger partial charge in [-0.2, -0.15) is 0 Å². The van der Waals surface area contributed by atoms with Crippen molar-refractivity contribution in [3.05, 3.63) is 35.9 Å². The Hall–Kier alpha value is -1.51. The van der Waals surface area contributed by atoms with Crippen LogP contribution in [0.5, 0.6) is 0 Å². The molecule has 3 saturated heterocycles. The molecule has 1 aromatic rings. The molecule has 2 atom stereocenters. The summed E-state index contributed by atoms with van der Waals surface area (Å²) in [6.45, 7) is 5.21. The molecule has 3 aliphatic heterocycles. The topological polar surface area (TPSA) is 71.5 Å². The minimum atomic E-state index is -1.74. The molecular formula is C22H34N2O5. The fraction of sp³-hybridized carbons (Fsp3) is 0.682. The van der Waals surface area contributed by atoms with Gasteiger partial charge in [0.1, 0.15) is 6.10 Å². The Morgan fingerprint density at radius 3 is 2.28 bits per heavy atom. The highest BCUT2D eigenvalue weighted by Crippen LogP contribution is 2.32. The molecule has 2 bridgehead atoms. The van der Waals surface area contributed by atoms with Crippen molar-refractivity contribution in [2.75, 3.05) is 66.7 Å². The Balaban J connectivity index is 1.77. The van der Waals surface area contributed by atoms with Gasteiger partial charge in [-0.05, 0) is 37.4 Å². The smallest absolute Gasteiger partial charge is 0.344 e. The number of carbonyl (C=O) groups excluding carboxylic acids is 1. The van der Waals surface area contributed by atoms with E-state index in [9.17, 15) is 9.90 Å². The van der Waals surface area contributed by atoms with Gasteiger partial charge in [-0.15, -0.1) is 0 Å². The average molecular weight is 407 g/mol. The number of hydrogen-bond donors (Lipinski definition) is 1. The van der Waals surface area contributed by atoms with E-state index in [0.717, 1.165) is 32.5 Å². The summed E-state index contributed by atoms with van der Waals surface area (Å²) in [5.41, 5.74) is -1.19. The molecule has 0 aliphatic carbocycles. The van der Waals surface area contributed by atoms with Gasteiger partial charge in [0.25, 0.3) is 0 Å². The molecule has 0 spiro atoms. The number of carbonyl (C=O) groups is 1. The minimum Gasteiger partial charge on any atom is -0.458 e. The second-order valence-electron chi connectivity index (χ2n) is 8.07. The normalized spacial score (nSPS) is 25.7. The van der Waals surface area contributed by atoms with Gasteiger partial charge in [0, 0.05) is 40.4 Å². The molecule has 0 saturated carbocycles. The lowest BCUT2D eigenvalue weighted by atomic mass is 9.85. The number of nitrogens with zero attached hydrogens (tertiary/aromatic N) is 2. The minimum absolute atomic E-state index is 0.129. The average Bonchev–Trinajstić information content (AvgIpc) is 2.77. The molecule has 1 aromatic carbocycles. The van der Waals surface area contributed by atoms with Crippen LogP contribution in [0.15, 0.2) is 30.3 Å². The molecule has 2 unspecified atom stereocenters. The van der Waals surface area contributed by atoms with Crippen LogP contribution in [-0.4, -0.2) is 93.7 Å². The van der Waals surface area contributed by atoms with Crippen molar-refractivity contribution in [2.24, 2.45) is 5.92 Å². The molecule has 3 fully saturated rings. The molecule has 0 radical (unpaired) electrons. The molecule has 0 amide bonds. The summed E-state index contributed by atoms with van der Waals surface area (Å²) in [6.07, 6.45) is 1.96. The van der Waals surface area contributed by atoms with Gasteiger partial charge >= 0.3 is 5.97 Å². The highest BCUT2D eigenvalue weighted by Gasteiger charge is 2.45. The van der Waals surface area contributed by atoms with Gasteiger partial charge < -0.3 is 19.3 Å². The zero-order valence-electron chi connectivity index (χ0n) is 17.6. The van der Waals surface area contributed by atoms with Crippen molar-refractivity contribution in [2.45, 2.75) is 24.5 Å². The maximum atomic E-state index is 13.3. The van der Waals surface area contributed by atoms with E-state index < -0.39 is 11.6 Å². The molecule has 4 rings (SSSR count).